The highest BCUT2D eigenvalue weighted by atomic mass is 32.2. The van der Waals surface area contributed by atoms with E-state index >= 15 is 0 Å². The molecule has 1 aliphatic rings. The van der Waals surface area contributed by atoms with Crippen molar-refractivity contribution < 1.29 is 0 Å². The van der Waals surface area contributed by atoms with Crippen LogP contribution in [-0.2, 0) is 0 Å². The summed E-state index contributed by atoms with van der Waals surface area (Å²) in [5, 5.41) is 0.817. The van der Waals surface area contributed by atoms with Crippen molar-refractivity contribution in [1.82, 2.24) is 9.97 Å². The summed E-state index contributed by atoms with van der Waals surface area (Å²) in [5.41, 5.74) is 2.39. The fourth-order valence-corrected chi connectivity index (χ4v) is 3.16. The molecule has 0 atom stereocenters. The molecule has 3 nitrogen and oxygen atoms in total. The summed E-state index contributed by atoms with van der Waals surface area (Å²) >= 11 is 1.98. The standard InChI is InChI=1S/C14H23N3S/c1-10(2)13-9-15-14(16-11(13)3)17-7-5-12(18-4)6-8-17/h9-10,12H,5-8H2,1-4H3. The van der Waals surface area contributed by atoms with E-state index in [2.05, 4.69) is 41.9 Å². The van der Waals surface area contributed by atoms with Gasteiger partial charge in [0.1, 0.15) is 0 Å². The summed E-state index contributed by atoms with van der Waals surface area (Å²) in [4.78, 5) is 11.5. The van der Waals surface area contributed by atoms with Crippen LogP contribution in [0, 0.1) is 6.92 Å². The fraction of sp³-hybridized carbons (Fsp3) is 0.714. The number of thioether (sulfide) groups is 1. The molecule has 1 aliphatic heterocycles. The molecule has 1 saturated heterocycles. The van der Waals surface area contributed by atoms with Gasteiger partial charge in [-0.1, -0.05) is 13.8 Å². The summed E-state index contributed by atoms with van der Waals surface area (Å²) < 4.78 is 0. The third kappa shape index (κ3) is 2.97. The van der Waals surface area contributed by atoms with Crippen molar-refractivity contribution >= 4 is 17.7 Å². The van der Waals surface area contributed by atoms with E-state index in [1.165, 1.54) is 18.4 Å². The van der Waals surface area contributed by atoms with Gasteiger partial charge in [-0.2, -0.15) is 11.8 Å². The average Bonchev–Trinajstić information content (AvgIpc) is 2.38. The van der Waals surface area contributed by atoms with Gasteiger partial charge in [-0.25, -0.2) is 9.97 Å². The van der Waals surface area contributed by atoms with Crippen LogP contribution in [0.25, 0.3) is 0 Å². The van der Waals surface area contributed by atoms with Crippen molar-refractivity contribution in [2.75, 3.05) is 24.2 Å². The lowest BCUT2D eigenvalue weighted by Gasteiger charge is -2.31. The molecule has 0 spiro atoms. The zero-order chi connectivity index (χ0) is 13.1. The lowest BCUT2D eigenvalue weighted by molar-refractivity contribution is 0.580. The van der Waals surface area contributed by atoms with Crippen LogP contribution >= 0.6 is 11.8 Å². The summed E-state index contributed by atoms with van der Waals surface area (Å²) in [5.74, 6) is 1.41. The summed E-state index contributed by atoms with van der Waals surface area (Å²) in [6, 6.07) is 0. The maximum absolute atomic E-state index is 4.68. The molecule has 0 bridgehead atoms. The van der Waals surface area contributed by atoms with E-state index in [1.807, 2.05) is 18.0 Å². The number of hydrogen-bond donors (Lipinski definition) is 0. The second kappa shape index (κ2) is 5.91. The van der Waals surface area contributed by atoms with Crippen LogP contribution in [-0.4, -0.2) is 34.6 Å². The predicted octanol–water partition coefficient (Wildman–Crippen LogP) is 3.24. The Labute approximate surface area is 114 Å². The Hall–Kier alpha value is -0.770. The average molecular weight is 265 g/mol. The van der Waals surface area contributed by atoms with Gasteiger partial charge in [0.2, 0.25) is 5.95 Å². The molecule has 2 heterocycles. The Morgan fingerprint density at radius 3 is 2.50 bits per heavy atom. The number of piperidine rings is 1. The van der Waals surface area contributed by atoms with E-state index < -0.39 is 0 Å². The Balaban J connectivity index is 2.08. The Morgan fingerprint density at radius 1 is 1.33 bits per heavy atom. The number of nitrogens with zero attached hydrogens (tertiary/aromatic N) is 3. The maximum atomic E-state index is 4.68. The molecule has 100 valence electrons. The molecule has 0 radical (unpaired) electrons. The smallest absolute Gasteiger partial charge is 0.225 e. The monoisotopic (exact) mass is 265 g/mol. The first-order chi connectivity index (χ1) is 8.61. The molecule has 0 amide bonds. The third-order valence-corrected chi connectivity index (χ3v) is 4.82. The van der Waals surface area contributed by atoms with Crippen LogP contribution in [0.1, 0.15) is 43.9 Å². The fourth-order valence-electron chi connectivity index (χ4n) is 2.47. The van der Waals surface area contributed by atoms with E-state index in [9.17, 15) is 0 Å². The van der Waals surface area contributed by atoms with Crippen LogP contribution in [0.5, 0.6) is 0 Å². The largest absolute Gasteiger partial charge is 0.341 e. The van der Waals surface area contributed by atoms with Crippen molar-refractivity contribution in [1.29, 1.82) is 0 Å². The van der Waals surface area contributed by atoms with Crippen LogP contribution in [0.15, 0.2) is 6.20 Å². The molecule has 0 saturated carbocycles. The molecule has 1 aromatic heterocycles. The molecule has 1 fully saturated rings. The molecule has 2 rings (SSSR count). The van der Waals surface area contributed by atoms with Gasteiger partial charge in [0.15, 0.2) is 0 Å². The first-order valence-corrected chi connectivity index (χ1v) is 8.02. The minimum Gasteiger partial charge on any atom is -0.341 e. The number of aryl methyl sites for hydroxylation is 1. The normalized spacial score (nSPS) is 17.5. The Kier molecular flexibility index (Phi) is 4.49. The van der Waals surface area contributed by atoms with Crippen LogP contribution in [0.4, 0.5) is 5.95 Å². The maximum Gasteiger partial charge on any atom is 0.225 e. The SMILES string of the molecule is CSC1CCN(c2ncc(C(C)C)c(C)n2)CC1. The molecule has 18 heavy (non-hydrogen) atoms. The van der Waals surface area contributed by atoms with Crippen LogP contribution in [0.2, 0.25) is 0 Å². The van der Waals surface area contributed by atoms with Gasteiger partial charge in [-0.05, 0) is 37.5 Å². The van der Waals surface area contributed by atoms with Gasteiger partial charge in [-0.3, -0.25) is 0 Å². The minimum absolute atomic E-state index is 0.501. The number of rotatable bonds is 3. The van der Waals surface area contributed by atoms with Gasteiger partial charge in [0.05, 0.1) is 0 Å². The molecule has 1 aromatic rings. The van der Waals surface area contributed by atoms with Crippen molar-refractivity contribution in [2.45, 2.75) is 44.8 Å². The molecule has 4 heteroatoms. The second-order valence-electron chi connectivity index (χ2n) is 5.29. The van der Waals surface area contributed by atoms with E-state index in [4.69, 9.17) is 0 Å². The number of anilines is 1. The van der Waals surface area contributed by atoms with E-state index in [0.29, 0.717) is 5.92 Å². The number of aromatic nitrogens is 2. The molecule has 0 N–H and O–H groups in total. The highest BCUT2D eigenvalue weighted by molar-refractivity contribution is 7.99. The quantitative estimate of drug-likeness (QED) is 0.839. The lowest BCUT2D eigenvalue weighted by atomic mass is 10.0. The van der Waals surface area contributed by atoms with E-state index in [-0.39, 0.29) is 0 Å². The van der Waals surface area contributed by atoms with Gasteiger partial charge >= 0.3 is 0 Å². The molecule has 0 aliphatic carbocycles. The molecule has 0 unspecified atom stereocenters. The topological polar surface area (TPSA) is 29.0 Å². The Bertz CT molecular complexity index is 398. The van der Waals surface area contributed by atoms with Crippen LogP contribution in [0.3, 0.4) is 0 Å². The van der Waals surface area contributed by atoms with Crippen molar-refractivity contribution in [3.05, 3.63) is 17.5 Å². The molecular weight excluding hydrogens is 242 g/mol. The molecule has 0 aromatic carbocycles. The van der Waals surface area contributed by atoms with Crippen molar-refractivity contribution in [3.8, 4) is 0 Å². The van der Waals surface area contributed by atoms with Crippen molar-refractivity contribution in [3.63, 3.8) is 0 Å². The summed E-state index contributed by atoms with van der Waals surface area (Å²) in [6.45, 7) is 8.65. The summed E-state index contributed by atoms with van der Waals surface area (Å²) in [6.07, 6.45) is 6.70. The number of hydrogen-bond acceptors (Lipinski definition) is 4. The van der Waals surface area contributed by atoms with Gasteiger partial charge in [-0.15, -0.1) is 0 Å². The van der Waals surface area contributed by atoms with Gasteiger partial charge in [0, 0.05) is 30.2 Å². The third-order valence-electron chi connectivity index (χ3n) is 3.68. The van der Waals surface area contributed by atoms with Gasteiger partial charge in [0.25, 0.3) is 0 Å². The first kappa shape index (κ1) is 13.7. The highest BCUT2D eigenvalue weighted by Crippen LogP contribution is 2.24. The van der Waals surface area contributed by atoms with E-state index in [0.717, 1.165) is 30.0 Å². The molecular formula is C14H23N3S. The Morgan fingerprint density at radius 2 is 2.00 bits per heavy atom. The van der Waals surface area contributed by atoms with Crippen LogP contribution < -0.4 is 4.90 Å². The predicted molar refractivity (Wildman–Crippen MR) is 79.6 cm³/mol. The minimum atomic E-state index is 0.501. The lowest BCUT2D eigenvalue weighted by Crippen LogP contribution is -2.36. The highest BCUT2D eigenvalue weighted by Gasteiger charge is 2.20. The summed E-state index contributed by atoms with van der Waals surface area (Å²) in [7, 11) is 0. The van der Waals surface area contributed by atoms with Crippen molar-refractivity contribution in [2.24, 2.45) is 0 Å². The second-order valence-corrected chi connectivity index (χ2v) is 6.43. The zero-order valence-electron chi connectivity index (χ0n) is 11.8. The first-order valence-electron chi connectivity index (χ1n) is 6.73. The van der Waals surface area contributed by atoms with Gasteiger partial charge < -0.3 is 4.90 Å². The zero-order valence-corrected chi connectivity index (χ0v) is 12.6. The van der Waals surface area contributed by atoms with E-state index in [1.54, 1.807) is 0 Å².